The summed E-state index contributed by atoms with van der Waals surface area (Å²) in [5.41, 5.74) is 3.69. The molecule has 2 N–H and O–H groups in total. The van der Waals surface area contributed by atoms with Gasteiger partial charge in [-0.15, -0.1) is 5.10 Å². The number of benzene rings is 2. The molecule has 3 aromatic rings. The predicted molar refractivity (Wildman–Crippen MR) is 168 cm³/mol. The van der Waals surface area contributed by atoms with Gasteiger partial charge in [-0.3, -0.25) is 19.4 Å². The standard InChI is InChI=1S/C32H43FN8O3/c1-21-13-22(2)15-25(14-21)31(42)35-27-17-29(26(33)16-30(27)40-18-23(3)38(5)24(4)19-40)41-20-28(36-37-41)32(43)34-7-6-8-39-9-11-44-12-10-39/h13-17,20,23-24H,6-12,18-19H2,1-5H3,(H,34,43)(H,35,42)/t23-,24+. The molecule has 0 saturated carbocycles. The summed E-state index contributed by atoms with van der Waals surface area (Å²) in [5, 5.41) is 14.0. The number of amides is 2. The minimum Gasteiger partial charge on any atom is -0.379 e. The molecule has 0 radical (unpaired) electrons. The van der Waals surface area contributed by atoms with E-state index in [1.807, 2.05) is 32.0 Å². The highest BCUT2D eigenvalue weighted by Crippen LogP contribution is 2.33. The van der Waals surface area contributed by atoms with E-state index in [0.29, 0.717) is 36.6 Å². The smallest absolute Gasteiger partial charge is 0.273 e. The number of halogens is 1. The molecule has 2 aliphatic rings. The molecule has 2 aromatic carbocycles. The number of likely N-dealkylation sites (N-methyl/N-ethyl adjacent to an activating group) is 1. The van der Waals surface area contributed by atoms with Crippen molar-refractivity contribution in [3.8, 4) is 5.69 Å². The molecule has 0 aliphatic carbocycles. The first-order valence-corrected chi connectivity index (χ1v) is 15.3. The van der Waals surface area contributed by atoms with Crippen LogP contribution in [0.25, 0.3) is 5.69 Å². The highest BCUT2D eigenvalue weighted by Gasteiger charge is 2.29. The van der Waals surface area contributed by atoms with Crippen molar-refractivity contribution in [2.45, 2.75) is 46.2 Å². The van der Waals surface area contributed by atoms with Crippen LogP contribution in [0.4, 0.5) is 15.8 Å². The molecule has 2 saturated heterocycles. The Hall–Kier alpha value is -3.87. The Morgan fingerprint density at radius 2 is 1.66 bits per heavy atom. The summed E-state index contributed by atoms with van der Waals surface area (Å²) in [6.45, 7) is 14.1. The van der Waals surface area contributed by atoms with Crippen LogP contribution in [0.2, 0.25) is 0 Å². The minimum absolute atomic E-state index is 0.0820. The zero-order valence-corrected chi connectivity index (χ0v) is 26.3. The van der Waals surface area contributed by atoms with Crippen molar-refractivity contribution in [1.82, 2.24) is 30.1 Å². The monoisotopic (exact) mass is 606 g/mol. The zero-order chi connectivity index (χ0) is 31.4. The molecular formula is C32H43FN8O3. The van der Waals surface area contributed by atoms with Crippen molar-refractivity contribution in [2.75, 3.05) is 69.7 Å². The van der Waals surface area contributed by atoms with E-state index in [4.69, 9.17) is 4.74 Å². The van der Waals surface area contributed by atoms with Crippen LogP contribution < -0.4 is 15.5 Å². The van der Waals surface area contributed by atoms with Gasteiger partial charge in [-0.1, -0.05) is 22.4 Å². The lowest BCUT2D eigenvalue weighted by atomic mass is 10.1. The topological polar surface area (TPSA) is 108 Å². The van der Waals surface area contributed by atoms with Crippen molar-refractivity contribution in [3.63, 3.8) is 0 Å². The lowest BCUT2D eigenvalue weighted by Gasteiger charge is -2.44. The largest absolute Gasteiger partial charge is 0.379 e. The first kappa shape index (κ1) is 31.6. The van der Waals surface area contributed by atoms with Crippen LogP contribution in [0.15, 0.2) is 36.5 Å². The van der Waals surface area contributed by atoms with Crippen molar-refractivity contribution < 1.29 is 18.7 Å². The second-order valence-corrected chi connectivity index (χ2v) is 12.0. The van der Waals surface area contributed by atoms with E-state index in [0.717, 1.165) is 50.4 Å². The number of carbonyl (C=O) groups is 2. The first-order valence-electron chi connectivity index (χ1n) is 15.3. The van der Waals surface area contributed by atoms with E-state index in [9.17, 15) is 9.59 Å². The molecule has 0 unspecified atom stereocenters. The fourth-order valence-corrected chi connectivity index (χ4v) is 5.90. The Kier molecular flexibility index (Phi) is 9.92. The van der Waals surface area contributed by atoms with Crippen molar-refractivity contribution in [1.29, 1.82) is 0 Å². The molecule has 2 aliphatic heterocycles. The van der Waals surface area contributed by atoms with Gasteiger partial charge in [0.05, 0.1) is 30.8 Å². The van der Waals surface area contributed by atoms with Crippen LogP contribution in [0.5, 0.6) is 0 Å². The van der Waals surface area contributed by atoms with Crippen LogP contribution in [0.3, 0.4) is 0 Å². The summed E-state index contributed by atoms with van der Waals surface area (Å²) in [5.74, 6) is -1.20. The normalized spacial score (nSPS) is 19.6. The van der Waals surface area contributed by atoms with Gasteiger partial charge in [-0.2, -0.15) is 0 Å². The van der Waals surface area contributed by atoms with Gasteiger partial charge in [0.2, 0.25) is 0 Å². The number of anilines is 2. The van der Waals surface area contributed by atoms with Gasteiger partial charge >= 0.3 is 0 Å². The van der Waals surface area contributed by atoms with Crippen LogP contribution >= 0.6 is 0 Å². The Bertz CT molecular complexity index is 1460. The number of piperazine rings is 1. The van der Waals surface area contributed by atoms with Gasteiger partial charge in [0.1, 0.15) is 5.69 Å². The molecule has 44 heavy (non-hydrogen) atoms. The molecule has 0 bridgehead atoms. The maximum absolute atomic E-state index is 15.8. The number of carbonyl (C=O) groups excluding carboxylic acids is 2. The number of nitrogens with one attached hydrogen (secondary N) is 2. The summed E-state index contributed by atoms with van der Waals surface area (Å²) < 4.78 is 22.4. The molecule has 12 heteroatoms. The maximum atomic E-state index is 15.8. The maximum Gasteiger partial charge on any atom is 0.273 e. The Labute approximate surface area is 258 Å². The summed E-state index contributed by atoms with van der Waals surface area (Å²) in [6, 6.07) is 9.13. The third kappa shape index (κ3) is 7.43. The molecule has 2 fully saturated rings. The number of aryl methyl sites for hydroxylation is 2. The third-order valence-corrected chi connectivity index (χ3v) is 8.51. The molecule has 11 nitrogen and oxygen atoms in total. The molecule has 2 atom stereocenters. The lowest BCUT2D eigenvalue weighted by molar-refractivity contribution is 0.0374. The number of aromatic nitrogens is 3. The second-order valence-electron chi connectivity index (χ2n) is 12.0. The van der Waals surface area contributed by atoms with E-state index in [1.165, 1.54) is 16.9 Å². The summed E-state index contributed by atoms with van der Waals surface area (Å²) in [7, 11) is 2.09. The summed E-state index contributed by atoms with van der Waals surface area (Å²) in [4.78, 5) is 32.9. The van der Waals surface area contributed by atoms with Crippen molar-refractivity contribution in [2.24, 2.45) is 0 Å². The van der Waals surface area contributed by atoms with E-state index in [1.54, 1.807) is 6.07 Å². The van der Waals surface area contributed by atoms with Crippen LogP contribution in [-0.4, -0.2) is 108 Å². The number of morpholine rings is 1. The van der Waals surface area contributed by atoms with Crippen LogP contribution in [0, 0.1) is 19.7 Å². The van der Waals surface area contributed by atoms with Crippen LogP contribution in [-0.2, 0) is 4.74 Å². The predicted octanol–water partition coefficient (Wildman–Crippen LogP) is 3.26. The number of hydrogen-bond acceptors (Lipinski definition) is 8. The van der Waals surface area contributed by atoms with Gasteiger partial charge in [0, 0.05) is 56.4 Å². The fraction of sp³-hybridized carbons (Fsp3) is 0.500. The summed E-state index contributed by atoms with van der Waals surface area (Å²) >= 11 is 0. The molecule has 1 aromatic heterocycles. The minimum atomic E-state index is -0.536. The Morgan fingerprint density at radius 1 is 0.977 bits per heavy atom. The Morgan fingerprint density at radius 3 is 2.34 bits per heavy atom. The quantitative estimate of drug-likeness (QED) is 0.358. The van der Waals surface area contributed by atoms with E-state index in [-0.39, 0.29) is 35.3 Å². The van der Waals surface area contributed by atoms with Gasteiger partial charge < -0.3 is 20.3 Å². The van der Waals surface area contributed by atoms with E-state index >= 15 is 4.39 Å². The molecular weight excluding hydrogens is 563 g/mol. The van der Waals surface area contributed by atoms with E-state index in [2.05, 4.69) is 56.5 Å². The second kappa shape index (κ2) is 13.8. The average Bonchev–Trinajstić information content (AvgIpc) is 3.49. The Balaban J connectivity index is 1.37. The fourth-order valence-electron chi connectivity index (χ4n) is 5.90. The lowest BCUT2D eigenvalue weighted by Crippen LogP contribution is -2.55. The SMILES string of the molecule is Cc1cc(C)cc(C(=O)Nc2cc(-n3cc(C(=O)NCCCN4CCOCC4)nn3)c(F)cc2N2C[C@@H](C)N(C)[C@@H](C)C2)c1. The molecule has 3 heterocycles. The number of ether oxygens (including phenoxy) is 1. The number of rotatable bonds is 9. The van der Waals surface area contributed by atoms with Crippen LogP contribution in [0.1, 0.15) is 52.2 Å². The van der Waals surface area contributed by atoms with E-state index < -0.39 is 5.82 Å². The highest BCUT2D eigenvalue weighted by atomic mass is 19.1. The highest BCUT2D eigenvalue weighted by molar-refractivity contribution is 6.06. The number of nitrogens with zero attached hydrogens (tertiary/aromatic N) is 6. The molecule has 0 spiro atoms. The van der Waals surface area contributed by atoms with Crippen molar-refractivity contribution in [3.05, 3.63) is 64.7 Å². The summed E-state index contributed by atoms with van der Waals surface area (Å²) in [6.07, 6.45) is 2.20. The number of hydrogen-bond donors (Lipinski definition) is 2. The van der Waals surface area contributed by atoms with Gasteiger partial charge in [-0.05, 0) is 65.9 Å². The molecule has 5 rings (SSSR count). The first-order chi connectivity index (χ1) is 21.1. The third-order valence-electron chi connectivity index (χ3n) is 8.51. The van der Waals surface area contributed by atoms with Gasteiger partial charge in [0.15, 0.2) is 11.5 Å². The van der Waals surface area contributed by atoms with Gasteiger partial charge in [0.25, 0.3) is 11.8 Å². The average molecular weight is 607 g/mol. The zero-order valence-electron chi connectivity index (χ0n) is 26.3. The molecule has 2 amide bonds. The molecule has 236 valence electrons. The van der Waals surface area contributed by atoms with Gasteiger partial charge in [-0.25, -0.2) is 9.07 Å². The van der Waals surface area contributed by atoms with Crippen molar-refractivity contribution >= 4 is 23.2 Å².